The van der Waals surface area contributed by atoms with Crippen LogP contribution in [-0.4, -0.2) is 50.7 Å². The minimum absolute atomic E-state index is 0.0844. The third-order valence-electron chi connectivity index (χ3n) is 3.52. The molecule has 0 radical (unpaired) electrons. The summed E-state index contributed by atoms with van der Waals surface area (Å²) >= 11 is 1.36. The van der Waals surface area contributed by atoms with Gasteiger partial charge in [0.05, 0.1) is 6.42 Å². The van der Waals surface area contributed by atoms with E-state index in [1.807, 2.05) is 0 Å². The predicted molar refractivity (Wildman–Crippen MR) is 79.8 cm³/mol. The Morgan fingerprint density at radius 3 is 2.73 bits per heavy atom. The largest absolute Gasteiger partial charge is 0.477 e. The predicted octanol–water partition coefficient (Wildman–Crippen LogP) is 0.280. The minimum atomic E-state index is -1.19. The fourth-order valence-electron chi connectivity index (χ4n) is 2.33. The molecule has 0 saturated carbocycles. The molecule has 2 aliphatic rings. The number of Topliss-reactive ketones (excluding diaryl/α,β-unsaturated/α-hetero) is 1. The third-order valence-corrected chi connectivity index (χ3v) is 4.82. The molecule has 118 valence electrons. The standard InChI is InChI=1S/C14H16N2O5S/c1-3-7-6-22-13-10(15-9(18)5-8(17)4-2)12(19)16(13)11(7)14(20)21/h3,10,13H,1,4-6H2,2H3,(H,15,18)(H,20,21)/t10-,13-/m1/s1. The Bertz CT molecular complexity index is 598. The van der Waals surface area contributed by atoms with Crippen molar-refractivity contribution >= 4 is 35.3 Å². The Labute approximate surface area is 131 Å². The number of carboxylic acid groups (broad SMARTS) is 1. The molecule has 8 heteroatoms. The molecule has 0 unspecified atom stereocenters. The van der Waals surface area contributed by atoms with Gasteiger partial charge in [-0.1, -0.05) is 19.6 Å². The number of ketones is 1. The van der Waals surface area contributed by atoms with E-state index >= 15 is 0 Å². The molecule has 0 aromatic rings. The van der Waals surface area contributed by atoms with Gasteiger partial charge in [-0.05, 0) is 5.57 Å². The summed E-state index contributed by atoms with van der Waals surface area (Å²) in [5, 5.41) is 11.3. The molecule has 2 heterocycles. The number of aliphatic carboxylic acids is 1. The third kappa shape index (κ3) is 2.78. The molecule has 0 bridgehead atoms. The van der Waals surface area contributed by atoms with Crippen LogP contribution in [0.1, 0.15) is 19.8 Å². The van der Waals surface area contributed by atoms with Crippen LogP contribution in [0.25, 0.3) is 0 Å². The number of nitrogens with one attached hydrogen (secondary N) is 1. The highest BCUT2D eigenvalue weighted by atomic mass is 32.2. The van der Waals surface area contributed by atoms with Gasteiger partial charge in [0.25, 0.3) is 5.91 Å². The van der Waals surface area contributed by atoms with Gasteiger partial charge in [0, 0.05) is 12.2 Å². The van der Waals surface area contributed by atoms with Gasteiger partial charge in [-0.15, -0.1) is 11.8 Å². The SMILES string of the molecule is C=CC1=C(C(=O)O)N2C(=O)[C@@H](NC(=O)CC(=O)CC)[C@H]2SC1. The van der Waals surface area contributed by atoms with E-state index in [-0.39, 0.29) is 24.3 Å². The van der Waals surface area contributed by atoms with Gasteiger partial charge >= 0.3 is 5.97 Å². The highest BCUT2D eigenvalue weighted by molar-refractivity contribution is 8.00. The molecule has 0 aliphatic carbocycles. The first-order chi connectivity index (χ1) is 10.4. The number of carboxylic acids is 1. The number of thioether (sulfide) groups is 1. The number of fused-ring (bicyclic) bond motifs is 1. The molecule has 2 atom stereocenters. The summed E-state index contributed by atoms with van der Waals surface area (Å²) in [6, 6.07) is -0.789. The van der Waals surface area contributed by atoms with E-state index in [9.17, 15) is 24.3 Å². The lowest BCUT2D eigenvalue weighted by Gasteiger charge is -2.49. The van der Waals surface area contributed by atoms with Crippen molar-refractivity contribution in [1.82, 2.24) is 10.2 Å². The van der Waals surface area contributed by atoms with Gasteiger partial charge in [0.15, 0.2) is 0 Å². The lowest BCUT2D eigenvalue weighted by molar-refractivity contribution is -0.150. The number of hydrogen-bond donors (Lipinski definition) is 2. The van der Waals surface area contributed by atoms with Gasteiger partial charge in [0.2, 0.25) is 5.91 Å². The fraction of sp³-hybridized carbons (Fsp3) is 0.429. The normalized spacial score (nSPS) is 23.5. The number of allylic oxidation sites excluding steroid dienone is 1. The first-order valence-electron chi connectivity index (χ1n) is 6.75. The quantitative estimate of drug-likeness (QED) is 0.537. The summed E-state index contributed by atoms with van der Waals surface area (Å²) in [5.74, 6) is -2.00. The van der Waals surface area contributed by atoms with Crippen molar-refractivity contribution in [3.8, 4) is 0 Å². The summed E-state index contributed by atoms with van der Waals surface area (Å²) < 4.78 is 0. The molecule has 1 fully saturated rings. The molecule has 2 amide bonds. The van der Waals surface area contributed by atoms with Crippen LogP contribution < -0.4 is 5.32 Å². The van der Waals surface area contributed by atoms with E-state index in [2.05, 4.69) is 11.9 Å². The molecule has 0 spiro atoms. The van der Waals surface area contributed by atoms with E-state index < -0.39 is 29.2 Å². The molecule has 2 N–H and O–H groups in total. The summed E-state index contributed by atoms with van der Waals surface area (Å²) in [7, 11) is 0. The van der Waals surface area contributed by atoms with Crippen LogP contribution >= 0.6 is 11.8 Å². The second kappa shape index (κ2) is 6.35. The second-order valence-electron chi connectivity index (χ2n) is 4.91. The van der Waals surface area contributed by atoms with E-state index in [0.29, 0.717) is 11.3 Å². The molecular formula is C14H16N2O5S. The lowest BCUT2D eigenvalue weighted by atomic mass is 10.0. The van der Waals surface area contributed by atoms with Crippen molar-refractivity contribution in [1.29, 1.82) is 0 Å². The van der Waals surface area contributed by atoms with Gasteiger partial charge in [-0.3, -0.25) is 19.3 Å². The Hall–Kier alpha value is -2.09. The molecule has 2 aliphatic heterocycles. The Kier molecular flexibility index (Phi) is 4.70. The van der Waals surface area contributed by atoms with Crippen LogP contribution in [0.4, 0.5) is 0 Å². The average molecular weight is 324 g/mol. The van der Waals surface area contributed by atoms with E-state index in [1.54, 1.807) is 6.92 Å². The number of β-lactam (4-membered cyclic amide) rings is 1. The summed E-state index contributed by atoms with van der Waals surface area (Å²) in [5.41, 5.74) is 0.395. The Morgan fingerprint density at radius 1 is 1.50 bits per heavy atom. The molecule has 0 aromatic heterocycles. The lowest BCUT2D eigenvalue weighted by Crippen LogP contribution is -2.70. The van der Waals surface area contributed by atoms with Crippen molar-refractivity contribution in [2.45, 2.75) is 31.2 Å². The van der Waals surface area contributed by atoms with E-state index in [0.717, 1.165) is 0 Å². The molecule has 1 saturated heterocycles. The number of rotatable bonds is 6. The van der Waals surface area contributed by atoms with Crippen LogP contribution in [0.5, 0.6) is 0 Å². The van der Waals surface area contributed by atoms with Gasteiger partial charge < -0.3 is 10.4 Å². The maximum atomic E-state index is 12.1. The number of nitrogens with zero attached hydrogens (tertiary/aromatic N) is 1. The van der Waals surface area contributed by atoms with E-state index in [1.165, 1.54) is 22.7 Å². The second-order valence-corrected chi connectivity index (χ2v) is 6.01. The zero-order valence-electron chi connectivity index (χ0n) is 12.0. The molecule has 2 rings (SSSR count). The zero-order chi connectivity index (χ0) is 16.4. The molecule has 22 heavy (non-hydrogen) atoms. The van der Waals surface area contributed by atoms with Gasteiger partial charge in [0.1, 0.15) is 22.9 Å². The van der Waals surface area contributed by atoms with Crippen molar-refractivity contribution in [3.63, 3.8) is 0 Å². The zero-order valence-corrected chi connectivity index (χ0v) is 12.8. The van der Waals surface area contributed by atoms with Gasteiger partial charge in [-0.2, -0.15) is 0 Å². The first-order valence-corrected chi connectivity index (χ1v) is 7.80. The molecule has 0 aromatic carbocycles. The number of hydrogen-bond acceptors (Lipinski definition) is 5. The van der Waals surface area contributed by atoms with Crippen molar-refractivity contribution < 1.29 is 24.3 Å². The molecule has 7 nitrogen and oxygen atoms in total. The van der Waals surface area contributed by atoms with Crippen LogP contribution in [0, 0.1) is 0 Å². The summed E-state index contributed by atoms with van der Waals surface area (Å²) in [6.07, 6.45) is 1.41. The monoisotopic (exact) mass is 324 g/mol. The van der Waals surface area contributed by atoms with Crippen molar-refractivity contribution in [2.24, 2.45) is 0 Å². The maximum absolute atomic E-state index is 12.1. The number of carbonyl (C=O) groups is 4. The highest BCUT2D eigenvalue weighted by Gasteiger charge is 2.53. The van der Waals surface area contributed by atoms with Crippen LogP contribution in [-0.2, 0) is 19.2 Å². The van der Waals surface area contributed by atoms with Crippen LogP contribution in [0.2, 0.25) is 0 Å². The highest BCUT2D eigenvalue weighted by Crippen LogP contribution is 2.40. The summed E-state index contributed by atoms with van der Waals surface area (Å²) in [4.78, 5) is 47.6. The Morgan fingerprint density at radius 2 is 2.18 bits per heavy atom. The molecular weight excluding hydrogens is 308 g/mol. The first kappa shape index (κ1) is 16.3. The maximum Gasteiger partial charge on any atom is 0.352 e. The van der Waals surface area contributed by atoms with E-state index in [4.69, 9.17) is 0 Å². The minimum Gasteiger partial charge on any atom is -0.477 e. The van der Waals surface area contributed by atoms with Crippen molar-refractivity contribution in [3.05, 3.63) is 23.9 Å². The summed E-state index contributed by atoms with van der Waals surface area (Å²) in [6.45, 7) is 5.21. The fourth-order valence-corrected chi connectivity index (χ4v) is 3.67. The van der Waals surface area contributed by atoms with Crippen LogP contribution in [0.3, 0.4) is 0 Å². The Balaban J connectivity index is 2.10. The number of carbonyl (C=O) groups excluding carboxylic acids is 3. The van der Waals surface area contributed by atoms with Crippen molar-refractivity contribution in [2.75, 3.05) is 5.75 Å². The average Bonchev–Trinajstić information content (AvgIpc) is 2.50. The van der Waals surface area contributed by atoms with Gasteiger partial charge in [-0.25, -0.2) is 4.79 Å². The van der Waals surface area contributed by atoms with Crippen LogP contribution in [0.15, 0.2) is 23.9 Å². The smallest absolute Gasteiger partial charge is 0.352 e. The number of amides is 2. The topological polar surface area (TPSA) is 104 Å².